The molecule has 0 aliphatic rings. The van der Waals surface area contributed by atoms with Gasteiger partial charge < -0.3 is 4.42 Å². The van der Waals surface area contributed by atoms with Crippen molar-refractivity contribution in [2.24, 2.45) is 0 Å². The smallest absolute Gasteiger partial charge is 0.153 e. The van der Waals surface area contributed by atoms with Crippen LogP contribution in [0.3, 0.4) is 0 Å². The van der Waals surface area contributed by atoms with E-state index in [2.05, 4.69) is 12.1 Å². The van der Waals surface area contributed by atoms with E-state index < -0.39 is 0 Å². The molecule has 2 aromatic carbocycles. The predicted molar refractivity (Wildman–Crippen MR) is 63.2 cm³/mol. The fourth-order valence-electron chi connectivity index (χ4n) is 1.99. The minimum Gasteiger partial charge on any atom is -0.455 e. The number of nitrogens with zero attached hydrogens (tertiary/aromatic N) is 1. The maximum atomic E-state index is 9.01. The SMILES string of the molecule is Cc1ccc2c(c1)oc1c(C#N)cccc12. The van der Waals surface area contributed by atoms with Gasteiger partial charge in [0.1, 0.15) is 11.7 Å². The van der Waals surface area contributed by atoms with Crippen molar-refractivity contribution in [3.8, 4) is 6.07 Å². The Hall–Kier alpha value is -2.27. The van der Waals surface area contributed by atoms with Crippen LogP contribution in [0.15, 0.2) is 40.8 Å². The number of para-hydroxylation sites is 1. The molecule has 0 spiro atoms. The molecule has 0 bridgehead atoms. The van der Waals surface area contributed by atoms with Gasteiger partial charge in [0.05, 0.1) is 5.56 Å². The van der Waals surface area contributed by atoms with Gasteiger partial charge in [-0.25, -0.2) is 0 Å². The van der Waals surface area contributed by atoms with Crippen LogP contribution in [0.1, 0.15) is 11.1 Å². The minimum atomic E-state index is 0.589. The lowest BCUT2D eigenvalue weighted by Crippen LogP contribution is -1.73. The van der Waals surface area contributed by atoms with Gasteiger partial charge in [0.25, 0.3) is 0 Å². The Labute approximate surface area is 92.7 Å². The molecular formula is C14H9NO. The summed E-state index contributed by atoms with van der Waals surface area (Å²) in [4.78, 5) is 0. The van der Waals surface area contributed by atoms with Crippen molar-refractivity contribution in [2.45, 2.75) is 6.92 Å². The largest absolute Gasteiger partial charge is 0.455 e. The molecule has 2 heteroatoms. The summed E-state index contributed by atoms with van der Waals surface area (Å²) in [5.41, 5.74) is 3.28. The number of aryl methyl sites for hydroxylation is 1. The number of rotatable bonds is 0. The predicted octanol–water partition coefficient (Wildman–Crippen LogP) is 3.77. The third-order valence-electron chi connectivity index (χ3n) is 2.77. The highest BCUT2D eigenvalue weighted by molar-refractivity contribution is 6.06. The molecule has 0 aliphatic heterocycles. The Balaban J connectivity index is 2.56. The van der Waals surface area contributed by atoms with Crippen LogP contribution in [0.5, 0.6) is 0 Å². The molecule has 0 N–H and O–H groups in total. The number of hydrogen-bond donors (Lipinski definition) is 0. The molecule has 0 saturated carbocycles. The van der Waals surface area contributed by atoms with Crippen molar-refractivity contribution in [1.29, 1.82) is 5.26 Å². The Bertz CT molecular complexity index is 731. The zero-order valence-corrected chi connectivity index (χ0v) is 8.82. The quantitative estimate of drug-likeness (QED) is 0.562. The fraction of sp³-hybridized carbons (Fsp3) is 0.0714. The number of nitriles is 1. The number of furan rings is 1. The van der Waals surface area contributed by atoms with E-state index in [1.807, 2.05) is 31.2 Å². The second-order valence-corrected chi connectivity index (χ2v) is 3.90. The molecule has 76 valence electrons. The maximum absolute atomic E-state index is 9.01. The van der Waals surface area contributed by atoms with Crippen LogP contribution in [-0.2, 0) is 0 Å². The van der Waals surface area contributed by atoms with Gasteiger partial charge >= 0.3 is 0 Å². The van der Waals surface area contributed by atoms with Crippen molar-refractivity contribution in [3.63, 3.8) is 0 Å². The van der Waals surface area contributed by atoms with Gasteiger partial charge in [0.2, 0.25) is 0 Å². The van der Waals surface area contributed by atoms with Crippen LogP contribution in [0.4, 0.5) is 0 Å². The standard InChI is InChI=1S/C14H9NO/c1-9-5-6-11-12-4-2-3-10(8-15)14(12)16-13(11)7-9/h2-7H,1H3. The molecule has 0 aliphatic carbocycles. The van der Waals surface area contributed by atoms with E-state index in [4.69, 9.17) is 9.68 Å². The molecule has 0 saturated heterocycles. The summed E-state index contributed by atoms with van der Waals surface area (Å²) in [5.74, 6) is 0. The average molecular weight is 207 g/mol. The highest BCUT2D eigenvalue weighted by Crippen LogP contribution is 2.30. The molecule has 1 heterocycles. The molecule has 1 aromatic heterocycles. The Morgan fingerprint density at radius 3 is 2.81 bits per heavy atom. The van der Waals surface area contributed by atoms with E-state index in [0.29, 0.717) is 11.1 Å². The zero-order chi connectivity index (χ0) is 11.1. The third-order valence-corrected chi connectivity index (χ3v) is 2.77. The molecule has 0 amide bonds. The first-order valence-electron chi connectivity index (χ1n) is 5.11. The first-order valence-corrected chi connectivity index (χ1v) is 5.11. The van der Waals surface area contributed by atoms with Crippen LogP contribution < -0.4 is 0 Å². The van der Waals surface area contributed by atoms with Gasteiger partial charge in [-0.2, -0.15) is 5.26 Å². The summed E-state index contributed by atoms with van der Waals surface area (Å²) in [7, 11) is 0. The zero-order valence-electron chi connectivity index (χ0n) is 8.82. The Morgan fingerprint density at radius 1 is 1.12 bits per heavy atom. The second-order valence-electron chi connectivity index (χ2n) is 3.90. The van der Waals surface area contributed by atoms with Crippen LogP contribution in [0.2, 0.25) is 0 Å². The van der Waals surface area contributed by atoms with Crippen molar-refractivity contribution >= 4 is 21.9 Å². The average Bonchev–Trinajstić information content (AvgIpc) is 2.65. The molecule has 0 atom stereocenters. The van der Waals surface area contributed by atoms with Crippen molar-refractivity contribution in [2.75, 3.05) is 0 Å². The molecule has 2 nitrogen and oxygen atoms in total. The highest BCUT2D eigenvalue weighted by atomic mass is 16.3. The van der Waals surface area contributed by atoms with Gasteiger partial charge in [0.15, 0.2) is 5.58 Å². The normalized spacial score (nSPS) is 10.8. The molecule has 0 unspecified atom stereocenters. The van der Waals surface area contributed by atoms with E-state index >= 15 is 0 Å². The maximum Gasteiger partial charge on any atom is 0.153 e. The van der Waals surface area contributed by atoms with E-state index in [1.54, 1.807) is 6.07 Å². The van der Waals surface area contributed by atoms with Crippen LogP contribution in [0, 0.1) is 18.3 Å². The van der Waals surface area contributed by atoms with Gasteiger partial charge in [-0.15, -0.1) is 0 Å². The first-order chi connectivity index (χ1) is 7.79. The van der Waals surface area contributed by atoms with Gasteiger partial charge in [0, 0.05) is 10.8 Å². The van der Waals surface area contributed by atoms with E-state index in [-0.39, 0.29) is 0 Å². The van der Waals surface area contributed by atoms with Gasteiger partial charge in [-0.1, -0.05) is 24.3 Å². The van der Waals surface area contributed by atoms with Crippen LogP contribution >= 0.6 is 0 Å². The van der Waals surface area contributed by atoms with E-state index in [1.165, 1.54) is 0 Å². The monoisotopic (exact) mass is 207 g/mol. The number of hydrogen-bond acceptors (Lipinski definition) is 2. The van der Waals surface area contributed by atoms with Crippen molar-refractivity contribution < 1.29 is 4.42 Å². The number of fused-ring (bicyclic) bond motifs is 3. The third kappa shape index (κ3) is 1.12. The summed E-state index contributed by atoms with van der Waals surface area (Å²) in [6.45, 7) is 2.03. The van der Waals surface area contributed by atoms with Gasteiger partial charge in [-0.3, -0.25) is 0 Å². The molecular weight excluding hydrogens is 198 g/mol. The molecule has 3 aromatic rings. The summed E-state index contributed by atoms with van der Waals surface area (Å²) < 4.78 is 5.73. The lowest BCUT2D eigenvalue weighted by molar-refractivity contribution is 0.667. The van der Waals surface area contributed by atoms with Crippen molar-refractivity contribution in [3.05, 3.63) is 47.5 Å². The summed E-state index contributed by atoms with van der Waals surface area (Å²) >= 11 is 0. The van der Waals surface area contributed by atoms with Crippen molar-refractivity contribution in [1.82, 2.24) is 0 Å². The van der Waals surface area contributed by atoms with E-state index in [9.17, 15) is 0 Å². The number of benzene rings is 2. The summed E-state index contributed by atoms with van der Waals surface area (Å²) in [6, 6.07) is 13.9. The van der Waals surface area contributed by atoms with Crippen LogP contribution in [0.25, 0.3) is 21.9 Å². The van der Waals surface area contributed by atoms with Gasteiger partial charge in [-0.05, 0) is 24.6 Å². The lowest BCUT2D eigenvalue weighted by Gasteiger charge is -1.90. The Morgan fingerprint density at radius 2 is 2.00 bits per heavy atom. The molecule has 3 rings (SSSR count). The van der Waals surface area contributed by atoms with Crippen LogP contribution in [-0.4, -0.2) is 0 Å². The first kappa shape index (κ1) is 8.99. The van der Waals surface area contributed by atoms with E-state index in [0.717, 1.165) is 21.9 Å². The lowest BCUT2D eigenvalue weighted by atomic mass is 10.1. The fourth-order valence-corrected chi connectivity index (χ4v) is 1.99. The minimum absolute atomic E-state index is 0.589. The topological polar surface area (TPSA) is 36.9 Å². The highest BCUT2D eigenvalue weighted by Gasteiger charge is 2.09. The molecule has 16 heavy (non-hydrogen) atoms. The second kappa shape index (κ2) is 3.11. The summed E-state index contributed by atoms with van der Waals surface area (Å²) in [5, 5.41) is 11.1. The summed E-state index contributed by atoms with van der Waals surface area (Å²) in [6.07, 6.45) is 0. The molecule has 0 radical (unpaired) electrons. The Kier molecular flexibility index (Phi) is 1.75. The molecule has 0 fully saturated rings.